The van der Waals surface area contributed by atoms with Crippen molar-refractivity contribution in [3.63, 3.8) is 0 Å². The molecule has 0 atom stereocenters. The third kappa shape index (κ3) is 2.90. The molecule has 6 nitrogen and oxygen atoms in total. The predicted molar refractivity (Wildman–Crippen MR) is 97.1 cm³/mol. The number of furan rings is 1. The summed E-state index contributed by atoms with van der Waals surface area (Å²) in [4.78, 5) is 19.2. The summed E-state index contributed by atoms with van der Waals surface area (Å²) in [6.45, 7) is 1.74. The molecule has 0 aliphatic carbocycles. The summed E-state index contributed by atoms with van der Waals surface area (Å²) in [6.07, 6.45) is 4.95. The number of ether oxygens (including phenoxy) is 2. The van der Waals surface area contributed by atoms with Gasteiger partial charge in [-0.05, 0) is 36.4 Å². The quantitative estimate of drug-likeness (QED) is 0.665. The monoisotopic (exact) mass is 360 g/mol. The van der Waals surface area contributed by atoms with E-state index in [1.165, 1.54) is 0 Å². The first-order valence-electron chi connectivity index (χ1n) is 8.66. The molecule has 0 bridgehead atoms. The van der Waals surface area contributed by atoms with Gasteiger partial charge in [-0.3, -0.25) is 14.7 Å². The number of rotatable bonds is 3. The van der Waals surface area contributed by atoms with Gasteiger partial charge < -0.3 is 13.9 Å². The molecule has 27 heavy (non-hydrogen) atoms. The zero-order valence-electron chi connectivity index (χ0n) is 14.4. The van der Waals surface area contributed by atoms with Crippen LogP contribution in [-0.2, 0) is 13.1 Å². The van der Waals surface area contributed by atoms with Crippen molar-refractivity contribution < 1.29 is 18.7 Å². The molecular formula is C21H16N2O4. The van der Waals surface area contributed by atoms with Crippen molar-refractivity contribution in [2.24, 2.45) is 0 Å². The average Bonchev–Trinajstić information content (AvgIpc) is 3.32. The molecule has 0 radical (unpaired) electrons. The van der Waals surface area contributed by atoms with Crippen molar-refractivity contribution >= 4 is 11.9 Å². The number of pyridine rings is 1. The first-order chi connectivity index (χ1) is 13.3. The Hall–Kier alpha value is -3.38. The lowest BCUT2D eigenvalue weighted by Gasteiger charge is -2.29. The topological polar surface area (TPSA) is 64.8 Å². The van der Waals surface area contributed by atoms with E-state index in [1.54, 1.807) is 36.7 Å². The Morgan fingerprint density at radius 2 is 2.11 bits per heavy atom. The van der Waals surface area contributed by atoms with Gasteiger partial charge in [-0.2, -0.15) is 0 Å². The SMILES string of the molecule is O=C1/C(=C/c2ccco2)Oc2c1ccc1c2CN(Cc2ccccn2)CO1. The molecular weight excluding hydrogens is 344 g/mol. The molecule has 0 unspecified atom stereocenters. The van der Waals surface area contributed by atoms with E-state index in [1.807, 2.05) is 24.3 Å². The predicted octanol–water partition coefficient (Wildman–Crippen LogP) is 3.64. The van der Waals surface area contributed by atoms with Gasteiger partial charge in [0.05, 0.1) is 23.1 Å². The number of hydrogen-bond donors (Lipinski definition) is 0. The molecule has 6 heteroatoms. The molecule has 3 aromatic rings. The second kappa shape index (κ2) is 6.41. The summed E-state index contributed by atoms with van der Waals surface area (Å²) in [7, 11) is 0. The lowest BCUT2D eigenvalue weighted by molar-refractivity contribution is 0.0861. The Balaban J connectivity index is 1.44. The standard InChI is InChI=1S/C21H16N2O4/c24-20-16-6-7-18-17(21(16)27-19(20)10-15-5-3-9-25-15)12-23(13-26-18)11-14-4-1-2-8-22-14/h1-10H,11-13H2/b19-10-. The van der Waals surface area contributed by atoms with Crippen molar-refractivity contribution in [1.82, 2.24) is 9.88 Å². The minimum Gasteiger partial charge on any atom is -0.478 e. The molecule has 0 saturated heterocycles. The number of ketones is 1. The number of aromatic nitrogens is 1. The third-order valence-electron chi connectivity index (χ3n) is 4.61. The molecule has 0 fully saturated rings. The lowest BCUT2D eigenvalue weighted by atomic mass is 10.0. The minimum atomic E-state index is -0.147. The highest BCUT2D eigenvalue weighted by Gasteiger charge is 2.33. The van der Waals surface area contributed by atoms with Crippen molar-refractivity contribution in [2.75, 3.05) is 6.73 Å². The van der Waals surface area contributed by atoms with E-state index in [2.05, 4.69) is 9.88 Å². The normalized spacial score (nSPS) is 17.3. The van der Waals surface area contributed by atoms with Crippen LogP contribution in [0.3, 0.4) is 0 Å². The van der Waals surface area contributed by atoms with Crippen LogP contribution in [0.15, 0.2) is 65.1 Å². The summed E-state index contributed by atoms with van der Waals surface area (Å²) >= 11 is 0. The molecule has 2 aliphatic rings. The number of Topliss-reactive ketones (excluding diaryl/α,β-unsaturated/α-hetero) is 1. The van der Waals surface area contributed by atoms with Gasteiger partial charge in [-0.25, -0.2) is 0 Å². The average molecular weight is 360 g/mol. The second-order valence-corrected chi connectivity index (χ2v) is 6.46. The molecule has 0 N–H and O–H groups in total. The second-order valence-electron chi connectivity index (χ2n) is 6.46. The van der Waals surface area contributed by atoms with E-state index >= 15 is 0 Å². The fraction of sp³-hybridized carbons (Fsp3) is 0.143. The van der Waals surface area contributed by atoms with Crippen LogP contribution in [-0.4, -0.2) is 22.4 Å². The van der Waals surface area contributed by atoms with Gasteiger partial charge in [-0.1, -0.05) is 6.07 Å². The molecule has 1 aromatic carbocycles. The lowest BCUT2D eigenvalue weighted by Crippen LogP contribution is -2.32. The van der Waals surface area contributed by atoms with E-state index in [9.17, 15) is 4.79 Å². The fourth-order valence-corrected chi connectivity index (χ4v) is 3.33. The highest BCUT2D eigenvalue weighted by Crippen LogP contribution is 2.42. The van der Waals surface area contributed by atoms with Gasteiger partial charge in [0.1, 0.15) is 24.0 Å². The van der Waals surface area contributed by atoms with Crippen molar-refractivity contribution in [3.8, 4) is 11.5 Å². The van der Waals surface area contributed by atoms with Crippen LogP contribution in [0.25, 0.3) is 6.08 Å². The first kappa shape index (κ1) is 15.8. The molecule has 2 aromatic heterocycles. The van der Waals surface area contributed by atoms with Crippen LogP contribution in [0.4, 0.5) is 0 Å². The molecule has 134 valence electrons. The van der Waals surface area contributed by atoms with Crippen LogP contribution in [0, 0.1) is 0 Å². The van der Waals surface area contributed by atoms with Crippen molar-refractivity contribution in [3.05, 3.63) is 83.3 Å². The van der Waals surface area contributed by atoms with Crippen LogP contribution in [0.2, 0.25) is 0 Å². The summed E-state index contributed by atoms with van der Waals surface area (Å²) < 4.78 is 17.1. The highest BCUT2D eigenvalue weighted by molar-refractivity contribution is 6.14. The molecule has 0 spiro atoms. The van der Waals surface area contributed by atoms with Gasteiger partial charge in [0.2, 0.25) is 5.78 Å². The Kier molecular flexibility index (Phi) is 3.76. The smallest absolute Gasteiger partial charge is 0.232 e. The maximum absolute atomic E-state index is 12.7. The van der Waals surface area contributed by atoms with Gasteiger partial charge >= 0.3 is 0 Å². The summed E-state index contributed by atoms with van der Waals surface area (Å²) in [6, 6.07) is 13.0. The van der Waals surface area contributed by atoms with Gasteiger partial charge in [-0.15, -0.1) is 0 Å². The highest BCUT2D eigenvalue weighted by atomic mass is 16.5. The Bertz CT molecular complexity index is 1030. The summed E-state index contributed by atoms with van der Waals surface area (Å²) in [5, 5.41) is 0. The molecule has 5 rings (SSSR count). The summed E-state index contributed by atoms with van der Waals surface area (Å²) in [5.74, 6) is 2.01. The number of hydrogen-bond acceptors (Lipinski definition) is 6. The van der Waals surface area contributed by atoms with Gasteiger partial charge in [0.15, 0.2) is 5.76 Å². The van der Waals surface area contributed by atoms with Crippen LogP contribution >= 0.6 is 0 Å². The number of carbonyl (C=O) groups excluding carboxylic acids is 1. The molecule has 0 saturated carbocycles. The number of fused-ring (bicyclic) bond motifs is 3. The van der Waals surface area contributed by atoms with Crippen molar-refractivity contribution in [1.29, 1.82) is 0 Å². The zero-order valence-corrected chi connectivity index (χ0v) is 14.4. The Labute approximate surface area is 155 Å². The Morgan fingerprint density at radius 3 is 2.93 bits per heavy atom. The minimum absolute atomic E-state index is 0.147. The van der Waals surface area contributed by atoms with E-state index < -0.39 is 0 Å². The van der Waals surface area contributed by atoms with Crippen LogP contribution in [0.1, 0.15) is 27.4 Å². The number of allylic oxidation sites excluding steroid dienone is 1. The van der Waals surface area contributed by atoms with E-state index in [4.69, 9.17) is 13.9 Å². The summed E-state index contributed by atoms with van der Waals surface area (Å²) in [5.41, 5.74) is 2.40. The van der Waals surface area contributed by atoms with Crippen LogP contribution < -0.4 is 9.47 Å². The largest absolute Gasteiger partial charge is 0.478 e. The maximum atomic E-state index is 12.7. The molecule has 2 aliphatic heterocycles. The van der Waals surface area contributed by atoms with Gasteiger partial charge in [0.25, 0.3) is 0 Å². The Morgan fingerprint density at radius 1 is 1.15 bits per heavy atom. The van der Waals surface area contributed by atoms with Crippen LogP contribution in [0.5, 0.6) is 11.5 Å². The van der Waals surface area contributed by atoms with E-state index in [-0.39, 0.29) is 11.5 Å². The molecule has 0 amide bonds. The van der Waals surface area contributed by atoms with E-state index in [0.29, 0.717) is 36.9 Å². The zero-order chi connectivity index (χ0) is 18.2. The van der Waals surface area contributed by atoms with Gasteiger partial charge in [0, 0.05) is 25.4 Å². The number of benzene rings is 1. The maximum Gasteiger partial charge on any atom is 0.232 e. The number of carbonyl (C=O) groups is 1. The van der Waals surface area contributed by atoms with Crippen molar-refractivity contribution in [2.45, 2.75) is 13.1 Å². The fourth-order valence-electron chi connectivity index (χ4n) is 3.33. The third-order valence-corrected chi connectivity index (χ3v) is 4.61. The number of nitrogens with zero attached hydrogens (tertiary/aromatic N) is 2. The first-order valence-corrected chi connectivity index (χ1v) is 8.66. The molecule has 4 heterocycles. The van der Waals surface area contributed by atoms with E-state index in [0.717, 1.165) is 17.0 Å².